The first-order chi connectivity index (χ1) is 18.0. The number of anilines is 3. The quantitative estimate of drug-likeness (QED) is 0.333. The summed E-state index contributed by atoms with van der Waals surface area (Å²) in [7, 11) is 0. The highest BCUT2D eigenvalue weighted by atomic mass is 16.1. The maximum Gasteiger partial charge on any atom is 0.248 e. The molecule has 1 aliphatic heterocycles. The standard InChI is InChI=1S/C27H27N9O/c1-3-35-9-11-36(12-10-35)19-7-8-23(21(13-19)17(2)26(29)37)32-27-30-15-18(14-28)25(33-27)20-5-4-6-24-22(20)16-31-34-24/h4-8,13,15-16H,2-3,9-12H2,1H3,(H2,29,37)(H,31,34)(H,30,32,33). The van der Waals surface area contributed by atoms with Crippen LogP contribution in [0.15, 0.2) is 55.4 Å². The fourth-order valence-corrected chi connectivity index (χ4v) is 4.57. The highest BCUT2D eigenvalue weighted by Gasteiger charge is 2.20. The number of aromatic nitrogens is 4. The first kappa shape index (κ1) is 24.0. The minimum absolute atomic E-state index is 0.188. The van der Waals surface area contributed by atoms with E-state index >= 15 is 0 Å². The van der Waals surface area contributed by atoms with Crippen LogP contribution in [0.25, 0.3) is 27.7 Å². The highest BCUT2D eigenvalue weighted by molar-refractivity contribution is 6.19. The molecule has 1 amide bonds. The van der Waals surface area contributed by atoms with E-state index in [2.05, 4.69) is 54.9 Å². The van der Waals surface area contributed by atoms with E-state index in [-0.39, 0.29) is 11.5 Å². The number of nitrogens with two attached hydrogens (primary N) is 1. The third kappa shape index (κ3) is 4.72. The molecule has 10 heteroatoms. The third-order valence-electron chi connectivity index (χ3n) is 6.71. The summed E-state index contributed by atoms with van der Waals surface area (Å²) < 4.78 is 0. The van der Waals surface area contributed by atoms with Gasteiger partial charge in [-0.3, -0.25) is 9.89 Å². The molecule has 186 valence electrons. The summed E-state index contributed by atoms with van der Waals surface area (Å²) in [6, 6.07) is 13.6. The van der Waals surface area contributed by atoms with Crippen molar-refractivity contribution in [2.45, 2.75) is 6.92 Å². The molecule has 5 rings (SSSR count). The van der Waals surface area contributed by atoms with Gasteiger partial charge in [0.1, 0.15) is 6.07 Å². The van der Waals surface area contributed by atoms with Gasteiger partial charge in [-0.05, 0) is 30.8 Å². The largest absolute Gasteiger partial charge is 0.369 e. The number of rotatable bonds is 7. The van der Waals surface area contributed by atoms with Gasteiger partial charge in [-0.2, -0.15) is 10.4 Å². The van der Waals surface area contributed by atoms with E-state index in [0.717, 1.165) is 54.9 Å². The average Bonchev–Trinajstić information content (AvgIpc) is 3.42. The van der Waals surface area contributed by atoms with Crippen molar-refractivity contribution >= 4 is 39.7 Å². The van der Waals surface area contributed by atoms with Crippen LogP contribution in [0.4, 0.5) is 17.3 Å². The number of benzene rings is 2. The molecule has 0 atom stereocenters. The van der Waals surface area contributed by atoms with E-state index in [1.165, 1.54) is 6.20 Å². The van der Waals surface area contributed by atoms with Crippen molar-refractivity contribution in [1.82, 2.24) is 25.1 Å². The molecule has 0 bridgehead atoms. The van der Waals surface area contributed by atoms with Gasteiger partial charge in [0, 0.05) is 59.6 Å². The van der Waals surface area contributed by atoms with Crippen LogP contribution in [0, 0.1) is 11.3 Å². The predicted octanol–water partition coefficient (Wildman–Crippen LogP) is 3.28. The lowest BCUT2D eigenvalue weighted by atomic mass is 10.0. The molecule has 1 aliphatic rings. The molecule has 2 aromatic carbocycles. The summed E-state index contributed by atoms with van der Waals surface area (Å²) in [5, 5.41) is 20.8. The van der Waals surface area contributed by atoms with Gasteiger partial charge in [0.2, 0.25) is 11.9 Å². The van der Waals surface area contributed by atoms with E-state index in [4.69, 9.17) is 5.73 Å². The highest BCUT2D eigenvalue weighted by Crippen LogP contribution is 2.32. The summed E-state index contributed by atoms with van der Waals surface area (Å²) in [5.41, 5.74) is 10.4. The van der Waals surface area contributed by atoms with Gasteiger partial charge >= 0.3 is 0 Å². The maximum absolute atomic E-state index is 12.1. The van der Waals surface area contributed by atoms with Crippen molar-refractivity contribution in [1.29, 1.82) is 5.26 Å². The van der Waals surface area contributed by atoms with Crippen molar-refractivity contribution in [2.75, 3.05) is 42.9 Å². The number of piperazine rings is 1. The summed E-state index contributed by atoms with van der Waals surface area (Å²) in [4.78, 5) is 25.8. The molecule has 37 heavy (non-hydrogen) atoms. The number of nitrogens with zero attached hydrogens (tertiary/aromatic N) is 6. The summed E-state index contributed by atoms with van der Waals surface area (Å²) >= 11 is 0. The lowest BCUT2D eigenvalue weighted by molar-refractivity contribution is -0.112. The van der Waals surface area contributed by atoms with Gasteiger partial charge < -0.3 is 20.9 Å². The molecule has 10 nitrogen and oxygen atoms in total. The SMILES string of the molecule is C=C(C(N)=O)c1cc(N2CCN(CC)CC2)ccc1Nc1ncc(C#N)c(-c2cccc3[nH]ncc23)n1. The summed E-state index contributed by atoms with van der Waals surface area (Å²) in [6.45, 7) is 10.9. The number of carbonyl (C=O) groups is 1. The zero-order valence-corrected chi connectivity index (χ0v) is 20.5. The Bertz CT molecular complexity index is 1530. The van der Waals surface area contributed by atoms with Crippen LogP contribution in [0.1, 0.15) is 18.1 Å². The lowest BCUT2D eigenvalue weighted by Crippen LogP contribution is -2.46. The number of nitrogens with one attached hydrogen (secondary N) is 2. The molecular formula is C27H27N9O. The molecule has 2 aromatic heterocycles. The van der Waals surface area contributed by atoms with Crippen molar-refractivity contribution in [3.05, 3.63) is 66.5 Å². The molecule has 1 fully saturated rings. The van der Waals surface area contributed by atoms with Crippen LogP contribution in [0.5, 0.6) is 0 Å². The maximum atomic E-state index is 12.1. The monoisotopic (exact) mass is 493 g/mol. The predicted molar refractivity (Wildman–Crippen MR) is 144 cm³/mol. The van der Waals surface area contributed by atoms with Gasteiger partial charge in [0.05, 0.1) is 29.2 Å². The first-order valence-corrected chi connectivity index (χ1v) is 12.1. The minimum Gasteiger partial charge on any atom is -0.369 e. The average molecular weight is 494 g/mol. The van der Waals surface area contributed by atoms with Gasteiger partial charge in [-0.1, -0.05) is 25.6 Å². The van der Waals surface area contributed by atoms with E-state index in [1.807, 2.05) is 36.4 Å². The van der Waals surface area contributed by atoms with Crippen molar-refractivity contribution in [2.24, 2.45) is 5.73 Å². The van der Waals surface area contributed by atoms with Crippen molar-refractivity contribution < 1.29 is 4.79 Å². The second-order valence-electron chi connectivity index (χ2n) is 8.82. The third-order valence-corrected chi connectivity index (χ3v) is 6.71. The zero-order valence-electron chi connectivity index (χ0n) is 20.5. The normalized spacial score (nSPS) is 13.9. The van der Waals surface area contributed by atoms with Crippen LogP contribution < -0.4 is 16.0 Å². The van der Waals surface area contributed by atoms with Gasteiger partial charge in [-0.25, -0.2) is 9.97 Å². The Morgan fingerprint density at radius 3 is 2.76 bits per heavy atom. The number of primary amides is 1. The first-order valence-electron chi connectivity index (χ1n) is 12.1. The van der Waals surface area contributed by atoms with E-state index in [1.54, 1.807) is 6.20 Å². The van der Waals surface area contributed by atoms with Crippen LogP contribution in [0.3, 0.4) is 0 Å². The molecule has 0 spiro atoms. The minimum atomic E-state index is -0.607. The molecule has 3 heterocycles. The van der Waals surface area contributed by atoms with Crippen LogP contribution in [0.2, 0.25) is 0 Å². The Labute approximate surface area is 214 Å². The van der Waals surface area contributed by atoms with Gasteiger partial charge in [-0.15, -0.1) is 0 Å². The number of nitriles is 1. The van der Waals surface area contributed by atoms with Crippen molar-refractivity contribution in [3.8, 4) is 17.3 Å². The summed E-state index contributed by atoms with van der Waals surface area (Å²) in [6.07, 6.45) is 3.18. The number of H-pyrrole nitrogens is 1. The molecule has 0 unspecified atom stereocenters. The van der Waals surface area contributed by atoms with Crippen LogP contribution >= 0.6 is 0 Å². The second-order valence-corrected chi connectivity index (χ2v) is 8.82. The van der Waals surface area contributed by atoms with Gasteiger partial charge in [0.15, 0.2) is 0 Å². The Hall–Kier alpha value is -4.75. The number of hydrogen-bond acceptors (Lipinski definition) is 8. The van der Waals surface area contributed by atoms with E-state index in [0.29, 0.717) is 22.5 Å². The smallest absolute Gasteiger partial charge is 0.248 e. The Balaban J connectivity index is 1.51. The Morgan fingerprint density at radius 2 is 2.03 bits per heavy atom. The number of carbonyl (C=O) groups excluding carboxylic acids is 1. The van der Waals surface area contributed by atoms with Gasteiger partial charge in [0.25, 0.3) is 0 Å². The van der Waals surface area contributed by atoms with E-state index < -0.39 is 5.91 Å². The number of hydrogen-bond donors (Lipinski definition) is 3. The fraction of sp³-hybridized carbons (Fsp3) is 0.222. The number of amides is 1. The van der Waals surface area contributed by atoms with Crippen LogP contribution in [-0.4, -0.2) is 63.7 Å². The summed E-state index contributed by atoms with van der Waals surface area (Å²) in [5.74, 6) is -0.332. The molecule has 4 N–H and O–H groups in total. The Morgan fingerprint density at radius 1 is 1.22 bits per heavy atom. The van der Waals surface area contributed by atoms with Crippen molar-refractivity contribution in [3.63, 3.8) is 0 Å². The van der Waals surface area contributed by atoms with E-state index in [9.17, 15) is 10.1 Å². The zero-order chi connectivity index (χ0) is 25.9. The number of likely N-dealkylation sites (N-methyl/N-ethyl adjacent to an activating group) is 1. The van der Waals surface area contributed by atoms with Crippen LogP contribution in [-0.2, 0) is 4.79 Å². The second kappa shape index (κ2) is 10.1. The molecule has 0 radical (unpaired) electrons. The molecular weight excluding hydrogens is 466 g/mol. The molecule has 1 saturated heterocycles. The molecule has 0 saturated carbocycles. The Kier molecular flexibility index (Phi) is 6.53. The number of aromatic amines is 1. The lowest BCUT2D eigenvalue weighted by Gasteiger charge is -2.35. The topological polar surface area (TPSA) is 140 Å². The molecule has 0 aliphatic carbocycles. The number of fused-ring (bicyclic) bond motifs is 1. The fourth-order valence-electron chi connectivity index (χ4n) is 4.57. The molecule has 4 aromatic rings.